The van der Waals surface area contributed by atoms with Crippen LogP contribution in [0.1, 0.15) is 11.1 Å². The van der Waals surface area contributed by atoms with Crippen LogP contribution in [0.25, 0.3) is 0 Å². The molecule has 0 radical (unpaired) electrons. The first kappa shape index (κ1) is 25.1. The summed E-state index contributed by atoms with van der Waals surface area (Å²) in [4.78, 5) is 12.7. The van der Waals surface area contributed by atoms with Crippen LogP contribution in [0.15, 0.2) is 77.7 Å². The fourth-order valence-corrected chi connectivity index (χ4v) is 5.03. The monoisotopic (exact) mass is 506 g/mol. The molecule has 0 saturated heterocycles. The van der Waals surface area contributed by atoms with E-state index in [2.05, 4.69) is 5.32 Å². The standard InChI is InChI=1S/C24H24Cl2N2O4S/c1-32-23-12-11-21(15-22(23)26)33(30,31)28(14-13-18-5-3-2-4-6-18)17-24(29)27-16-19-7-9-20(25)10-8-19/h2-12,15H,13-14,16-17H2,1H3,(H,27,29). The summed E-state index contributed by atoms with van der Waals surface area (Å²) in [6.07, 6.45) is 0.453. The maximum atomic E-state index is 13.4. The number of benzene rings is 3. The van der Waals surface area contributed by atoms with E-state index >= 15 is 0 Å². The molecule has 0 saturated carbocycles. The predicted octanol–water partition coefficient (Wildman–Crippen LogP) is 4.55. The summed E-state index contributed by atoms with van der Waals surface area (Å²) in [7, 11) is -2.54. The highest BCUT2D eigenvalue weighted by atomic mass is 35.5. The number of rotatable bonds is 10. The molecule has 0 atom stereocenters. The van der Waals surface area contributed by atoms with E-state index in [0.717, 1.165) is 15.4 Å². The van der Waals surface area contributed by atoms with Gasteiger partial charge in [-0.3, -0.25) is 4.79 Å². The Morgan fingerprint density at radius 1 is 0.970 bits per heavy atom. The third kappa shape index (κ3) is 6.95. The zero-order chi connectivity index (χ0) is 23.8. The SMILES string of the molecule is COc1ccc(S(=O)(=O)N(CCc2ccccc2)CC(=O)NCc2ccc(Cl)cc2)cc1Cl. The molecule has 0 aliphatic rings. The summed E-state index contributed by atoms with van der Waals surface area (Å²) < 4.78 is 33.0. The largest absolute Gasteiger partial charge is 0.495 e. The van der Waals surface area contributed by atoms with Gasteiger partial charge in [0.1, 0.15) is 5.75 Å². The summed E-state index contributed by atoms with van der Waals surface area (Å²) in [5.74, 6) is -0.0478. The second-order valence-corrected chi connectivity index (χ2v) is 10.1. The Kier molecular flexibility index (Phi) is 8.74. The molecule has 0 heterocycles. The van der Waals surface area contributed by atoms with Crippen molar-refractivity contribution in [3.63, 3.8) is 0 Å². The third-order valence-corrected chi connectivity index (χ3v) is 7.37. The molecule has 0 spiro atoms. The van der Waals surface area contributed by atoms with E-state index in [4.69, 9.17) is 27.9 Å². The van der Waals surface area contributed by atoms with Crippen molar-refractivity contribution in [1.29, 1.82) is 0 Å². The lowest BCUT2D eigenvalue weighted by Gasteiger charge is -2.22. The molecule has 6 nitrogen and oxygen atoms in total. The molecule has 0 aliphatic carbocycles. The van der Waals surface area contributed by atoms with Gasteiger partial charge in [-0.2, -0.15) is 4.31 Å². The van der Waals surface area contributed by atoms with Gasteiger partial charge in [-0.05, 0) is 47.9 Å². The molecule has 1 N–H and O–H groups in total. The molecule has 1 amide bonds. The number of sulfonamides is 1. The number of carbonyl (C=O) groups excluding carboxylic acids is 1. The lowest BCUT2D eigenvalue weighted by molar-refractivity contribution is -0.121. The van der Waals surface area contributed by atoms with Gasteiger partial charge in [0.15, 0.2) is 0 Å². The Bertz CT molecular complexity index is 1190. The first-order valence-corrected chi connectivity index (χ1v) is 12.4. The van der Waals surface area contributed by atoms with Crippen LogP contribution in [0.5, 0.6) is 5.75 Å². The molecule has 0 aromatic heterocycles. The second-order valence-electron chi connectivity index (χ2n) is 7.27. The van der Waals surface area contributed by atoms with Gasteiger partial charge in [0.2, 0.25) is 15.9 Å². The fraction of sp³-hybridized carbons (Fsp3) is 0.208. The van der Waals surface area contributed by atoms with Gasteiger partial charge < -0.3 is 10.1 Å². The maximum Gasteiger partial charge on any atom is 0.243 e. The molecular formula is C24H24Cl2N2O4S. The van der Waals surface area contributed by atoms with E-state index in [9.17, 15) is 13.2 Å². The molecule has 0 unspecified atom stereocenters. The average Bonchev–Trinajstić information content (AvgIpc) is 2.81. The number of ether oxygens (including phenoxy) is 1. The van der Waals surface area contributed by atoms with Crippen molar-refractivity contribution in [3.05, 3.63) is 94.0 Å². The van der Waals surface area contributed by atoms with Crippen LogP contribution in [0.2, 0.25) is 10.0 Å². The number of nitrogens with one attached hydrogen (secondary N) is 1. The zero-order valence-electron chi connectivity index (χ0n) is 18.0. The summed E-state index contributed by atoms with van der Waals surface area (Å²) in [6.45, 7) is 0.0632. The molecule has 3 rings (SSSR count). The van der Waals surface area contributed by atoms with Gasteiger partial charge in [-0.1, -0.05) is 65.7 Å². The Morgan fingerprint density at radius 3 is 2.30 bits per heavy atom. The lowest BCUT2D eigenvalue weighted by atomic mass is 10.1. The van der Waals surface area contributed by atoms with Gasteiger partial charge >= 0.3 is 0 Å². The summed E-state index contributed by atoms with van der Waals surface area (Å²) in [5.41, 5.74) is 1.82. The fourth-order valence-electron chi connectivity index (χ4n) is 3.16. The number of amides is 1. The van der Waals surface area contributed by atoms with Crippen LogP contribution in [-0.4, -0.2) is 38.8 Å². The van der Waals surface area contributed by atoms with Gasteiger partial charge in [-0.15, -0.1) is 0 Å². The first-order valence-electron chi connectivity index (χ1n) is 10.2. The smallest absolute Gasteiger partial charge is 0.243 e. The second kappa shape index (κ2) is 11.5. The van der Waals surface area contributed by atoms with Gasteiger partial charge in [0, 0.05) is 18.1 Å². The molecule has 3 aromatic rings. The van der Waals surface area contributed by atoms with Crippen molar-refractivity contribution in [2.24, 2.45) is 0 Å². The number of carbonyl (C=O) groups is 1. The lowest BCUT2D eigenvalue weighted by Crippen LogP contribution is -2.41. The van der Waals surface area contributed by atoms with Crippen LogP contribution >= 0.6 is 23.2 Å². The maximum absolute atomic E-state index is 13.4. The van der Waals surface area contributed by atoms with Crippen molar-refractivity contribution in [1.82, 2.24) is 9.62 Å². The molecule has 3 aromatic carbocycles. The predicted molar refractivity (Wildman–Crippen MR) is 130 cm³/mol. The first-order chi connectivity index (χ1) is 15.8. The molecular weight excluding hydrogens is 483 g/mol. The van der Waals surface area contributed by atoms with Crippen molar-refractivity contribution in [2.45, 2.75) is 17.9 Å². The Balaban J connectivity index is 1.77. The van der Waals surface area contributed by atoms with E-state index in [1.807, 2.05) is 30.3 Å². The summed E-state index contributed by atoms with van der Waals surface area (Å²) >= 11 is 12.0. The minimum atomic E-state index is -3.99. The van der Waals surface area contributed by atoms with E-state index in [0.29, 0.717) is 17.2 Å². The van der Waals surface area contributed by atoms with Crippen LogP contribution in [0, 0.1) is 0 Å². The number of hydrogen-bond acceptors (Lipinski definition) is 4. The van der Waals surface area contributed by atoms with Crippen molar-refractivity contribution in [2.75, 3.05) is 20.2 Å². The quantitative estimate of drug-likeness (QED) is 0.437. The molecule has 0 aliphatic heterocycles. The number of nitrogens with zero attached hydrogens (tertiary/aromatic N) is 1. The molecule has 33 heavy (non-hydrogen) atoms. The van der Waals surface area contributed by atoms with Gasteiger partial charge in [0.05, 0.1) is 23.6 Å². The molecule has 9 heteroatoms. The summed E-state index contributed by atoms with van der Waals surface area (Å²) in [5, 5.41) is 3.54. The van der Waals surface area contributed by atoms with Crippen LogP contribution in [0.4, 0.5) is 0 Å². The Labute approximate surface area is 204 Å². The molecule has 0 fully saturated rings. The Morgan fingerprint density at radius 2 is 1.67 bits per heavy atom. The van der Waals surface area contributed by atoms with E-state index in [1.165, 1.54) is 25.3 Å². The number of methoxy groups -OCH3 is 1. The highest BCUT2D eigenvalue weighted by Gasteiger charge is 2.27. The van der Waals surface area contributed by atoms with Crippen LogP contribution < -0.4 is 10.1 Å². The molecule has 174 valence electrons. The van der Waals surface area contributed by atoms with E-state index in [-0.39, 0.29) is 29.6 Å². The van der Waals surface area contributed by atoms with Crippen LogP contribution in [-0.2, 0) is 27.8 Å². The minimum Gasteiger partial charge on any atom is -0.495 e. The highest BCUT2D eigenvalue weighted by Crippen LogP contribution is 2.28. The van der Waals surface area contributed by atoms with Gasteiger partial charge in [0.25, 0.3) is 0 Å². The minimum absolute atomic E-state index is 0.00753. The summed E-state index contributed by atoms with van der Waals surface area (Å²) in [6, 6.07) is 20.8. The number of halogens is 2. The zero-order valence-corrected chi connectivity index (χ0v) is 20.3. The highest BCUT2D eigenvalue weighted by molar-refractivity contribution is 7.89. The topological polar surface area (TPSA) is 75.7 Å². The average molecular weight is 507 g/mol. The van der Waals surface area contributed by atoms with Crippen molar-refractivity contribution in [3.8, 4) is 5.75 Å². The van der Waals surface area contributed by atoms with Crippen molar-refractivity contribution < 1.29 is 17.9 Å². The van der Waals surface area contributed by atoms with Gasteiger partial charge in [-0.25, -0.2) is 8.42 Å². The normalized spacial score (nSPS) is 11.4. The van der Waals surface area contributed by atoms with Crippen molar-refractivity contribution >= 4 is 39.1 Å². The van der Waals surface area contributed by atoms with E-state index < -0.39 is 15.9 Å². The Hall–Kier alpha value is -2.58. The number of hydrogen-bond donors (Lipinski definition) is 1. The molecule has 0 bridgehead atoms. The van der Waals surface area contributed by atoms with E-state index in [1.54, 1.807) is 24.3 Å². The van der Waals surface area contributed by atoms with Crippen LogP contribution in [0.3, 0.4) is 0 Å². The third-order valence-electron chi connectivity index (χ3n) is 4.98.